The Bertz CT molecular complexity index is 309. The highest BCUT2D eigenvalue weighted by atomic mass is 32.2. The molecule has 0 amide bonds. The quantitative estimate of drug-likeness (QED) is 0.558. The molecule has 90 valence electrons. The Balaban J connectivity index is 2.39. The van der Waals surface area contributed by atoms with E-state index in [1.807, 2.05) is 30.2 Å². The van der Waals surface area contributed by atoms with Gasteiger partial charge in [-0.2, -0.15) is 11.8 Å². The molecule has 1 rings (SSSR count). The van der Waals surface area contributed by atoms with Gasteiger partial charge in [0.25, 0.3) is 0 Å². The highest BCUT2D eigenvalue weighted by molar-refractivity contribution is 7.99. The Morgan fingerprint density at radius 3 is 3.19 bits per heavy atom. The van der Waals surface area contributed by atoms with Gasteiger partial charge < -0.3 is 9.88 Å². The molecular formula is C12H21N3S. The molecule has 16 heavy (non-hydrogen) atoms. The Labute approximate surface area is 102 Å². The summed E-state index contributed by atoms with van der Waals surface area (Å²) in [4.78, 5) is 4.30. The molecule has 1 aromatic rings. The largest absolute Gasteiger partial charge is 0.353 e. The molecule has 0 aliphatic heterocycles. The monoisotopic (exact) mass is 239 g/mol. The van der Waals surface area contributed by atoms with Gasteiger partial charge in [-0.3, -0.25) is 0 Å². The number of nitrogens with one attached hydrogen (secondary N) is 1. The van der Waals surface area contributed by atoms with Crippen molar-refractivity contribution < 1.29 is 0 Å². The molecule has 1 N–H and O–H groups in total. The minimum atomic E-state index is 0.463. The zero-order chi connectivity index (χ0) is 11.8. The van der Waals surface area contributed by atoms with Gasteiger partial charge >= 0.3 is 0 Å². The molecule has 4 heteroatoms. The maximum Gasteiger partial charge on any atom is 0.203 e. The molecule has 3 nitrogen and oxygen atoms in total. The summed E-state index contributed by atoms with van der Waals surface area (Å²) in [5, 5.41) is 3.42. The minimum absolute atomic E-state index is 0.463. The lowest BCUT2D eigenvalue weighted by Gasteiger charge is -2.15. The second-order valence-corrected chi connectivity index (χ2v) is 5.12. The SMILES string of the molecule is C=CCn1ccnc1NC(C)CCSCC. The van der Waals surface area contributed by atoms with E-state index in [4.69, 9.17) is 0 Å². The predicted octanol–water partition coefficient (Wildman–Crippen LogP) is 3.01. The third-order valence-corrected chi connectivity index (χ3v) is 3.25. The van der Waals surface area contributed by atoms with Gasteiger partial charge in [-0.25, -0.2) is 4.98 Å². The first-order valence-corrected chi connectivity index (χ1v) is 6.89. The van der Waals surface area contributed by atoms with Crippen LogP contribution in [0, 0.1) is 0 Å². The van der Waals surface area contributed by atoms with Crippen LogP contribution in [0.4, 0.5) is 5.95 Å². The topological polar surface area (TPSA) is 29.9 Å². The van der Waals surface area contributed by atoms with Crippen molar-refractivity contribution in [3.8, 4) is 0 Å². The van der Waals surface area contributed by atoms with E-state index in [-0.39, 0.29) is 0 Å². The van der Waals surface area contributed by atoms with Gasteiger partial charge in [0.1, 0.15) is 0 Å². The van der Waals surface area contributed by atoms with Crippen LogP contribution >= 0.6 is 11.8 Å². The van der Waals surface area contributed by atoms with Crippen molar-refractivity contribution >= 4 is 17.7 Å². The first-order valence-electron chi connectivity index (χ1n) is 5.74. The summed E-state index contributed by atoms with van der Waals surface area (Å²) in [5.41, 5.74) is 0. The molecule has 0 fully saturated rings. The lowest BCUT2D eigenvalue weighted by Crippen LogP contribution is -2.19. The first-order chi connectivity index (χ1) is 7.77. The van der Waals surface area contributed by atoms with Crippen LogP contribution in [0.25, 0.3) is 0 Å². The average Bonchev–Trinajstić information content (AvgIpc) is 2.67. The van der Waals surface area contributed by atoms with E-state index < -0.39 is 0 Å². The first kappa shape index (κ1) is 13.2. The zero-order valence-electron chi connectivity index (χ0n) is 10.1. The van der Waals surface area contributed by atoms with Crippen LogP contribution in [0.3, 0.4) is 0 Å². The normalized spacial score (nSPS) is 12.4. The molecule has 0 aromatic carbocycles. The number of nitrogens with zero attached hydrogens (tertiary/aromatic N) is 2. The number of allylic oxidation sites excluding steroid dienone is 1. The fourth-order valence-corrected chi connectivity index (χ4v) is 2.24. The fraction of sp³-hybridized carbons (Fsp3) is 0.583. The van der Waals surface area contributed by atoms with Gasteiger partial charge in [0.2, 0.25) is 5.95 Å². The van der Waals surface area contributed by atoms with Gasteiger partial charge in [0.15, 0.2) is 0 Å². The summed E-state index contributed by atoms with van der Waals surface area (Å²) < 4.78 is 2.07. The Morgan fingerprint density at radius 2 is 2.50 bits per heavy atom. The third kappa shape index (κ3) is 4.31. The standard InChI is InChI=1S/C12H21N3S/c1-4-8-15-9-7-13-12(15)14-11(3)6-10-16-5-2/h4,7,9,11H,1,5-6,8,10H2,2-3H3,(H,13,14). The number of anilines is 1. The van der Waals surface area contributed by atoms with E-state index in [2.05, 4.69) is 35.3 Å². The fourth-order valence-electron chi connectivity index (χ4n) is 1.43. The van der Waals surface area contributed by atoms with Gasteiger partial charge in [-0.1, -0.05) is 13.0 Å². The lowest BCUT2D eigenvalue weighted by atomic mass is 10.3. The molecule has 0 spiro atoms. The summed E-state index contributed by atoms with van der Waals surface area (Å²) in [6.45, 7) is 8.93. The second-order valence-electron chi connectivity index (χ2n) is 3.72. The number of rotatable bonds is 8. The highest BCUT2D eigenvalue weighted by Crippen LogP contribution is 2.10. The van der Waals surface area contributed by atoms with E-state index in [0.717, 1.165) is 12.5 Å². The van der Waals surface area contributed by atoms with E-state index >= 15 is 0 Å². The highest BCUT2D eigenvalue weighted by Gasteiger charge is 2.05. The zero-order valence-corrected chi connectivity index (χ0v) is 11.0. The molecule has 1 unspecified atom stereocenters. The van der Waals surface area contributed by atoms with Crippen molar-refractivity contribution in [2.75, 3.05) is 16.8 Å². The summed E-state index contributed by atoms with van der Waals surface area (Å²) in [5.74, 6) is 3.33. The lowest BCUT2D eigenvalue weighted by molar-refractivity contribution is 0.733. The van der Waals surface area contributed by atoms with Crippen LogP contribution in [0.15, 0.2) is 25.0 Å². The van der Waals surface area contributed by atoms with Crippen LogP contribution in [0.1, 0.15) is 20.3 Å². The van der Waals surface area contributed by atoms with Gasteiger partial charge in [-0.05, 0) is 24.9 Å². The van der Waals surface area contributed by atoms with Gasteiger partial charge in [-0.15, -0.1) is 6.58 Å². The summed E-state index contributed by atoms with van der Waals surface area (Å²) in [6.07, 6.45) is 6.83. The number of hydrogen-bond acceptors (Lipinski definition) is 3. The maximum absolute atomic E-state index is 4.30. The van der Waals surface area contributed by atoms with E-state index in [0.29, 0.717) is 6.04 Å². The van der Waals surface area contributed by atoms with Crippen molar-refractivity contribution in [2.24, 2.45) is 0 Å². The Hall–Kier alpha value is -0.900. The Kier molecular flexibility index (Phi) is 6.08. The van der Waals surface area contributed by atoms with Crippen LogP contribution in [-0.4, -0.2) is 27.1 Å². The van der Waals surface area contributed by atoms with Crippen LogP contribution in [0.5, 0.6) is 0 Å². The number of aromatic nitrogens is 2. The molecule has 1 atom stereocenters. The molecule has 0 aliphatic carbocycles. The van der Waals surface area contributed by atoms with Crippen molar-refractivity contribution in [3.05, 3.63) is 25.0 Å². The van der Waals surface area contributed by atoms with Crippen LogP contribution < -0.4 is 5.32 Å². The molecule has 1 heterocycles. The average molecular weight is 239 g/mol. The molecule has 0 saturated heterocycles. The molecule has 0 saturated carbocycles. The molecule has 1 aromatic heterocycles. The smallest absolute Gasteiger partial charge is 0.203 e. The van der Waals surface area contributed by atoms with E-state index in [9.17, 15) is 0 Å². The summed E-state index contributed by atoms with van der Waals surface area (Å²) in [6, 6.07) is 0.463. The second kappa shape index (κ2) is 7.39. The number of imidazole rings is 1. The van der Waals surface area contributed by atoms with Crippen LogP contribution in [-0.2, 0) is 6.54 Å². The van der Waals surface area contributed by atoms with Gasteiger partial charge in [0, 0.05) is 25.0 Å². The van der Waals surface area contributed by atoms with Gasteiger partial charge in [0.05, 0.1) is 0 Å². The minimum Gasteiger partial charge on any atom is -0.353 e. The molecular weight excluding hydrogens is 218 g/mol. The third-order valence-electron chi connectivity index (χ3n) is 2.32. The van der Waals surface area contributed by atoms with Crippen molar-refractivity contribution in [1.29, 1.82) is 0 Å². The van der Waals surface area contributed by atoms with Crippen LogP contribution in [0.2, 0.25) is 0 Å². The molecule has 0 bridgehead atoms. The summed E-state index contributed by atoms with van der Waals surface area (Å²) >= 11 is 1.98. The summed E-state index contributed by atoms with van der Waals surface area (Å²) in [7, 11) is 0. The maximum atomic E-state index is 4.30. The van der Waals surface area contributed by atoms with Crippen molar-refractivity contribution in [3.63, 3.8) is 0 Å². The molecule has 0 aliphatic rings. The number of thioether (sulfide) groups is 1. The molecule has 0 radical (unpaired) electrons. The van der Waals surface area contributed by atoms with E-state index in [1.54, 1.807) is 0 Å². The Morgan fingerprint density at radius 1 is 1.69 bits per heavy atom. The van der Waals surface area contributed by atoms with E-state index in [1.165, 1.54) is 17.9 Å². The predicted molar refractivity (Wildman–Crippen MR) is 73.1 cm³/mol. The number of hydrogen-bond donors (Lipinski definition) is 1. The van der Waals surface area contributed by atoms with Crippen molar-refractivity contribution in [1.82, 2.24) is 9.55 Å². The van der Waals surface area contributed by atoms with Crippen molar-refractivity contribution in [2.45, 2.75) is 32.9 Å².